The van der Waals surface area contributed by atoms with Crippen LogP contribution in [0.15, 0.2) is 0 Å². The lowest BCUT2D eigenvalue weighted by Gasteiger charge is -2.13. The molecule has 0 spiro atoms. The van der Waals surface area contributed by atoms with E-state index in [0.29, 0.717) is 13.2 Å². The van der Waals surface area contributed by atoms with E-state index in [0.717, 1.165) is 25.8 Å². The second-order valence-corrected chi connectivity index (χ2v) is 4.99. The monoisotopic (exact) mass is 208 g/mol. The zero-order valence-corrected chi connectivity index (χ0v) is 8.56. The molecular formula is C7H16N2O3S. The van der Waals surface area contributed by atoms with Crippen LogP contribution in [-0.4, -0.2) is 47.0 Å². The summed E-state index contributed by atoms with van der Waals surface area (Å²) in [5, 5.41) is 3.17. The third-order valence-electron chi connectivity index (χ3n) is 1.85. The summed E-state index contributed by atoms with van der Waals surface area (Å²) in [5.74, 6) is 0. The first-order valence-corrected chi connectivity index (χ1v) is 6.24. The third-order valence-corrected chi connectivity index (χ3v) is 2.54. The molecule has 0 radical (unpaired) electrons. The van der Waals surface area contributed by atoms with Crippen molar-refractivity contribution in [3.63, 3.8) is 0 Å². The maximum Gasteiger partial charge on any atom is 0.208 e. The van der Waals surface area contributed by atoms with Crippen molar-refractivity contribution in [2.45, 2.75) is 12.5 Å². The minimum atomic E-state index is -3.09. The van der Waals surface area contributed by atoms with Crippen LogP contribution in [0.2, 0.25) is 0 Å². The molecule has 13 heavy (non-hydrogen) atoms. The molecule has 1 atom stereocenters. The lowest BCUT2D eigenvalue weighted by atomic mass is 10.2. The van der Waals surface area contributed by atoms with Gasteiger partial charge in [-0.3, -0.25) is 0 Å². The van der Waals surface area contributed by atoms with E-state index in [1.807, 2.05) is 0 Å². The normalized spacial score (nSPS) is 25.5. The molecule has 1 rings (SSSR count). The summed E-state index contributed by atoms with van der Waals surface area (Å²) in [4.78, 5) is 0. The molecule has 1 aliphatic rings. The van der Waals surface area contributed by atoms with Crippen molar-refractivity contribution in [1.82, 2.24) is 10.0 Å². The number of nitrogens with one attached hydrogen (secondary N) is 2. The lowest BCUT2D eigenvalue weighted by molar-refractivity contribution is 0.0684. The Morgan fingerprint density at radius 2 is 2.31 bits per heavy atom. The highest BCUT2D eigenvalue weighted by Crippen LogP contribution is 1.99. The summed E-state index contributed by atoms with van der Waals surface area (Å²) < 4.78 is 29.4. The molecule has 0 amide bonds. The van der Waals surface area contributed by atoms with Crippen molar-refractivity contribution in [1.29, 1.82) is 0 Å². The smallest absolute Gasteiger partial charge is 0.208 e. The fourth-order valence-corrected chi connectivity index (χ4v) is 1.66. The molecule has 0 aromatic heterocycles. The summed E-state index contributed by atoms with van der Waals surface area (Å²) in [6, 6.07) is 0. The standard InChI is InChI=1S/C7H16N2O3S/c1-13(10,11)9-6-7-2-3-8-4-5-12-7/h7-9H,2-6H2,1H3. The van der Waals surface area contributed by atoms with Crippen LogP contribution in [0.4, 0.5) is 0 Å². The molecule has 2 N–H and O–H groups in total. The zero-order chi connectivity index (χ0) is 9.73. The Morgan fingerprint density at radius 1 is 1.54 bits per heavy atom. The Balaban J connectivity index is 2.27. The van der Waals surface area contributed by atoms with Crippen LogP contribution in [0, 0.1) is 0 Å². The van der Waals surface area contributed by atoms with Gasteiger partial charge in [0, 0.05) is 13.1 Å². The predicted molar refractivity (Wildman–Crippen MR) is 50.1 cm³/mol. The maximum absolute atomic E-state index is 10.8. The fourth-order valence-electron chi connectivity index (χ4n) is 1.17. The quantitative estimate of drug-likeness (QED) is 0.619. The second kappa shape index (κ2) is 4.90. The molecule has 0 saturated carbocycles. The van der Waals surface area contributed by atoms with Gasteiger partial charge in [-0.25, -0.2) is 13.1 Å². The van der Waals surface area contributed by atoms with Crippen LogP contribution in [0.5, 0.6) is 0 Å². The third kappa shape index (κ3) is 5.20. The molecule has 0 aliphatic carbocycles. The molecule has 1 unspecified atom stereocenters. The van der Waals surface area contributed by atoms with Gasteiger partial charge < -0.3 is 10.1 Å². The van der Waals surface area contributed by atoms with Crippen LogP contribution in [0.3, 0.4) is 0 Å². The Bertz CT molecular complexity index is 232. The number of ether oxygens (including phenoxy) is 1. The molecule has 1 saturated heterocycles. The summed E-state index contributed by atoms with van der Waals surface area (Å²) in [7, 11) is -3.09. The van der Waals surface area contributed by atoms with Crippen molar-refractivity contribution in [2.75, 3.05) is 32.5 Å². The minimum absolute atomic E-state index is 0.00437. The molecule has 0 aromatic carbocycles. The summed E-state index contributed by atoms with van der Waals surface area (Å²) in [5.41, 5.74) is 0. The Labute approximate surface area is 78.9 Å². The van der Waals surface area contributed by atoms with Gasteiger partial charge in [0.15, 0.2) is 0 Å². The van der Waals surface area contributed by atoms with Crippen LogP contribution in [0.25, 0.3) is 0 Å². The zero-order valence-electron chi connectivity index (χ0n) is 7.75. The first-order chi connectivity index (χ1) is 6.08. The first-order valence-electron chi connectivity index (χ1n) is 4.35. The SMILES string of the molecule is CS(=O)(=O)NCC1CCNCCO1. The molecule has 78 valence electrons. The van der Waals surface area contributed by atoms with E-state index in [-0.39, 0.29) is 6.10 Å². The van der Waals surface area contributed by atoms with Gasteiger partial charge in [-0.1, -0.05) is 0 Å². The lowest BCUT2D eigenvalue weighted by Crippen LogP contribution is -2.33. The van der Waals surface area contributed by atoms with Gasteiger partial charge in [-0.15, -0.1) is 0 Å². The molecule has 0 bridgehead atoms. The van der Waals surface area contributed by atoms with Crippen molar-refractivity contribution in [2.24, 2.45) is 0 Å². The average molecular weight is 208 g/mol. The average Bonchev–Trinajstić information content (AvgIpc) is 2.26. The van der Waals surface area contributed by atoms with Gasteiger partial charge in [-0.05, 0) is 13.0 Å². The van der Waals surface area contributed by atoms with Crippen LogP contribution >= 0.6 is 0 Å². The van der Waals surface area contributed by atoms with Crippen LogP contribution in [0.1, 0.15) is 6.42 Å². The predicted octanol–water partition coefficient (Wildman–Crippen LogP) is -1.09. The molecule has 1 aliphatic heterocycles. The van der Waals surface area contributed by atoms with E-state index in [4.69, 9.17) is 4.74 Å². The number of rotatable bonds is 3. The second-order valence-electron chi connectivity index (χ2n) is 3.15. The number of sulfonamides is 1. The topological polar surface area (TPSA) is 67.4 Å². The van der Waals surface area contributed by atoms with Crippen molar-refractivity contribution >= 4 is 10.0 Å². The fraction of sp³-hybridized carbons (Fsp3) is 1.00. The maximum atomic E-state index is 10.8. The van der Waals surface area contributed by atoms with E-state index in [1.54, 1.807) is 0 Å². The largest absolute Gasteiger partial charge is 0.375 e. The molecule has 6 heteroatoms. The molecule has 0 aromatic rings. The highest BCUT2D eigenvalue weighted by Gasteiger charge is 2.13. The Hall–Kier alpha value is -0.170. The summed E-state index contributed by atoms with van der Waals surface area (Å²) >= 11 is 0. The van der Waals surface area contributed by atoms with Gasteiger partial charge >= 0.3 is 0 Å². The van der Waals surface area contributed by atoms with E-state index < -0.39 is 10.0 Å². The molecule has 1 fully saturated rings. The van der Waals surface area contributed by atoms with E-state index in [1.165, 1.54) is 0 Å². The minimum Gasteiger partial charge on any atom is -0.375 e. The number of hydrogen-bond acceptors (Lipinski definition) is 4. The molecular weight excluding hydrogens is 192 g/mol. The van der Waals surface area contributed by atoms with E-state index in [9.17, 15) is 8.42 Å². The van der Waals surface area contributed by atoms with Gasteiger partial charge in [0.05, 0.1) is 19.0 Å². The first kappa shape index (κ1) is 10.9. The van der Waals surface area contributed by atoms with Gasteiger partial charge in [0.1, 0.15) is 0 Å². The van der Waals surface area contributed by atoms with Crippen LogP contribution in [-0.2, 0) is 14.8 Å². The van der Waals surface area contributed by atoms with E-state index >= 15 is 0 Å². The van der Waals surface area contributed by atoms with Gasteiger partial charge in [-0.2, -0.15) is 0 Å². The summed E-state index contributed by atoms with van der Waals surface area (Å²) in [6.45, 7) is 2.75. The highest BCUT2D eigenvalue weighted by molar-refractivity contribution is 7.88. The Kier molecular flexibility index (Phi) is 4.11. The van der Waals surface area contributed by atoms with Crippen molar-refractivity contribution in [3.05, 3.63) is 0 Å². The van der Waals surface area contributed by atoms with Crippen molar-refractivity contribution in [3.8, 4) is 0 Å². The summed E-state index contributed by atoms with van der Waals surface area (Å²) in [6.07, 6.45) is 2.01. The highest BCUT2D eigenvalue weighted by atomic mass is 32.2. The van der Waals surface area contributed by atoms with E-state index in [2.05, 4.69) is 10.0 Å². The molecule has 1 heterocycles. The Morgan fingerprint density at radius 3 is 3.00 bits per heavy atom. The number of hydrogen-bond donors (Lipinski definition) is 2. The van der Waals surface area contributed by atoms with Crippen molar-refractivity contribution < 1.29 is 13.2 Å². The van der Waals surface area contributed by atoms with Gasteiger partial charge in [0.2, 0.25) is 10.0 Å². The molecule has 5 nitrogen and oxygen atoms in total. The van der Waals surface area contributed by atoms with Crippen LogP contribution < -0.4 is 10.0 Å². The van der Waals surface area contributed by atoms with Gasteiger partial charge in [0.25, 0.3) is 0 Å².